The summed E-state index contributed by atoms with van der Waals surface area (Å²) in [6.45, 7) is 12.6. The standard InChI is InChI=1S/C32H36FN5O4/c1-19-16-37(17-20(2)41-19)31(40)23-7-9-26-25(13-23)28(11-12-34-26)42-27-10-8-22(30(33)21(27)3)14-29(39)36-24-15-35-38(18-24)32(4,5)6/h7-13,15,18-20H,14,16-17H2,1-6H3,(H,36,39)/t19-,20+. The van der Waals surface area contributed by atoms with Crippen molar-refractivity contribution in [1.82, 2.24) is 19.7 Å². The predicted octanol–water partition coefficient (Wildman–Crippen LogP) is 5.86. The van der Waals surface area contributed by atoms with E-state index < -0.39 is 5.82 Å². The molecular formula is C32H36FN5O4. The molecule has 1 N–H and O–H groups in total. The normalized spacial score (nSPS) is 17.4. The van der Waals surface area contributed by atoms with Gasteiger partial charge in [-0.1, -0.05) is 6.07 Å². The van der Waals surface area contributed by atoms with Gasteiger partial charge in [-0.3, -0.25) is 19.3 Å². The summed E-state index contributed by atoms with van der Waals surface area (Å²) < 4.78 is 29.1. The van der Waals surface area contributed by atoms with Crippen molar-refractivity contribution in [2.24, 2.45) is 0 Å². The van der Waals surface area contributed by atoms with Crippen molar-refractivity contribution in [3.63, 3.8) is 0 Å². The van der Waals surface area contributed by atoms with Crippen molar-refractivity contribution in [3.05, 3.63) is 77.5 Å². The number of carbonyl (C=O) groups excluding carboxylic acids is 2. The summed E-state index contributed by atoms with van der Waals surface area (Å²) in [4.78, 5) is 32.2. The molecule has 2 amide bonds. The van der Waals surface area contributed by atoms with Gasteiger partial charge in [0.2, 0.25) is 5.91 Å². The van der Waals surface area contributed by atoms with E-state index in [0.717, 1.165) is 0 Å². The number of anilines is 1. The molecule has 10 heteroatoms. The molecule has 0 radical (unpaired) electrons. The predicted molar refractivity (Wildman–Crippen MR) is 158 cm³/mol. The molecule has 2 aromatic heterocycles. The molecule has 1 aliphatic heterocycles. The Bertz CT molecular complexity index is 1630. The quantitative estimate of drug-likeness (QED) is 0.310. The highest BCUT2D eigenvalue weighted by atomic mass is 19.1. The van der Waals surface area contributed by atoms with Crippen LogP contribution in [0.4, 0.5) is 10.1 Å². The Morgan fingerprint density at radius 1 is 1.10 bits per heavy atom. The number of carbonyl (C=O) groups is 2. The van der Waals surface area contributed by atoms with Crippen LogP contribution in [0.15, 0.2) is 55.0 Å². The van der Waals surface area contributed by atoms with Gasteiger partial charge in [0, 0.05) is 42.0 Å². The molecule has 2 atom stereocenters. The molecule has 9 nitrogen and oxygen atoms in total. The van der Waals surface area contributed by atoms with Gasteiger partial charge in [-0.25, -0.2) is 4.39 Å². The van der Waals surface area contributed by atoms with Crippen LogP contribution in [0.5, 0.6) is 11.5 Å². The number of amides is 2. The van der Waals surface area contributed by atoms with Gasteiger partial charge < -0.3 is 19.7 Å². The van der Waals surface area contributed by atoms with Crippen LogP contribution in [0, 0.1) is 12.7 Å². The smallest absolute Gasteiger partial charge is 0.254 e. The van der Waals surface area contributed by atoms with Gasteiger partial charge in [-0.05, 0) is 77.4 Å². The number of ether oxygens (including phenoxy) is 2. The molecule has 42 heavy (non-hydrogen) atoms. The number of benzene rings is 2. The van der Waals surface area contributed by atoms with E-state index in [1.54, 1.807) is 71.5 Å². The van der Waals surface area contributed by atoms with Crippen LogP contribution < -0.4 is 10.1 Å². The second-order valence-electron chi connectivity index (χ2n) is 11.8. The van der Waals surface area contributed by atoms with E-state index in [4.69, 9.17) is 9.47 Å². The number of morpholine rings is 1. The maximum absolute atomic E-state index is 15.4. The van der Waals surface area contributed by atoms with Crippen molar-refractivity contribution < 1.29 is 23.5 Å². The van der Waals surface area contributed by atoms with Gasteiger partial charge in [-0.15, -0.1) is 0 Å². The maximum atomic E-state index is 15.4. The molecule has 3 heterocycles. The van der Waals surface area contributed by atoms with Crippen LogP contribution in [0.2, 0.25) is 0 Å². The highest BCUT2D eigenvalue weighted by molar-refractivity contribution is 5.99. The number of nitrogens with zero attached hydrogens (tertiary/aromatic N) is 4. The number of rotatable bonds is 6. The number of hydrogen-bond donors (Lipinski definition) is 1. The first-order chi connectivity index (χ1) is 19.9. The maximum Gasteiger partial charge on any atom is 0.254 e. The zero-order valence-corrected chi connectivity index (χ0v) is 24.8. The van der Waals surface area contributed by atoms with Gasteiger partial charge in [0.15, 0.2) is 0 Å². The van der Waals surface area contributed by atoms with Crippen LogP contribution >= 0.6 is 0 Å². The summed E-state index contributed by atoms with van der Waals surface area (Å²) in [5.41, 5.74) is 2.01. The molecule has 0 saturated carbocycles. The average molecular weight is 574 g/mol. The van der Waals surface area contributed by atoms with Crippen LogP contribution in [0.25, 0.3) is 10.9 Å². The van der Waals surface area contributed by atoms with Crippen molar-refractivity contribution in [2.45, 2.75) is 65.7 Å². The second-order valence-corrected chi connectivity index (χ2v) is 11.8. The Hall–Kier alpha value is -4.31. The molecule has 1 fully saturated rings. The molecule has 2 aromatic carbocycles. The Morgan fingerprint density at radius 3 is 2.52 bits per heavy atom. The minimum absolute atomic E-state index is 0.0434. The van der Waals surface area contributed by atoms with Crippen LogP contribution in [-0.2, 0) is 21.5 Å². The molecule has 0 aliphatic carbocycles. The zero-order valence-electron chi connectivity index (χ0n) is 24.8. The van der Waals surface area contributed by atoms with E-state index in [2.05, 4.69) is 15.4 Å². The fraction of sp³-hybridized carbons (Fsp3) is 0.375. The lowest BCUT2D eigenvalue weighted by Gasteiger charge is -2.35. The number of pyridine rings is 1. The molecule has 220 valence electrons. The molecule has 1 saturated heterocycles. The first kappa shape index (κ1) is 29.2. The van der Waals surface area contributed by atoms with Gasteiger partial charge in [0.1, 0.15) is 17.3 Å². The Kier molecular flexibility index (Phi) is 8.01. The Labute approximate surface area is 244 Å². The third kappa shape index (κ3) is 6.28. The lowest BCUT2D eigenvalue weighted by atomic mass is 10.1. The zero-order chi connectivity index (χ0) is 30.2. The summed E-state index contributed by atoms with van der Waals surface area (Å²) >= 11 is 0. The van der Waals surface area contributed by atoms with Gasteiger partial charge in [0.25, 0.3) is 5.91 Å². The fourth-order valence-corrected chi connectivity index (χ4v) is 5.09. The van der Waals surface area contributed by atoms with Crippen molar-refractivity contribution in [1.29, 1.82) is 0 Å². The summed E-state index contributed by atoms with van der Waals surface area (Å²) in [6.07, 6.45) is 4.70. The number of aromatic nitrogens is 3. The molecule has 0 bridgehead atoms. The van der Waals surface area contributed by atoms with Crippen molar-refractivity contribution in [3.8, 4) is 11.5 Å². The van der Waals surface area contributed by atoms with E-state index in [1.807, 2.05) is 34.6 Å². The van der Waals surface area contributed by atoms with E-state index in [-0.39, 0.29) is 47.1 Å². The number of halogens is 1. The molecule has 5 rings (SSSR count). The molecule has 0 unspecified atom stereocenters. The summed E-state index contributed by atoms with van der Waals surface area (Å²) in [7, 11) is 0. The van der Waals surface area contributed by atoms with E-state index in [1.165, 1.54) is 0 Å². The molecule has 4 aromatic rings. The summed E-state index contributed by atoms with van der Waals surface area (Å²) in [6, 6.07) is 10.2. The van der Waals surface area contributed by atoms with Crippen molar-refractivity contribution >= 4 is 28.4 Å². The third-order valence-corrected chi connectivity index (χ3v) is 7.20. The lowest BCUT2D eigenvalue weighted by Crippen LogP contribution is -2.48. The fourth-order valence-electron chi connectivity index (χ4n) is 5.09. The molecule has 1 aliphatic rings. The monoisotopic (exact) mass is 573 g/mol. The van der Waals surface area contributed by atoms with Crippen LogP contribution in [0.1, 0.15) is 56.1 Å². The van der Waals surface area contributed by atoms with Crippen molar-refractivity contribution in [2.75, 3.05) is 18.4 Å². The lowest BCUT2D eigenvalue weighted by molar-refractivity contribution is -0.115. The number of nitrogens with one attached hydrogen (secondary N) is 1. The summed E-state index contributed by atoms with van der Waals surface area (Å²) in [5, 5.41) is 7.70. The van der Waals surface area contributed by atoms with E-state index >= 15 is 4.39 Å². The Balaban J connectivity index is 1.34. The Morgan fingerprint density at radius 2 is 1.83 bits per heavy atom. The number of fused-ring (bicyclic) bond motifs is 1. The van der Waals surface area contributed by atoms with Crippen LogP contribution in [-0.4, -0.2) is 56.8 Å². The van der Waals surface area contributed by atoms with Crippen LogP contribution in [0.3, 0.4) is 0 Å². The first-order valence-electron chi connectivity index (χ1n) is 14.0. The third-order valence-electron chi connectivity index (χ3n) is 7.20. The van der Waals surface area contributed by atoms with E-state index in [9.17, 15) is 9.59 Å². The number of hydrogen-bond acceptors (Lipinski definition) is 6. The minimum atomic E-state index is -0.516. The van der Waals surface area contributed by atoms with E-state index in [0.29, 0.717) is 46.7 Å². The second kappa shape index (κ2) is 11.5. The SMILES string of the molecule is Cc1c(Oc2ccnc3ccc(C(=O)N4C[C@@H](C)O[C@@H](C)C4)cc23)ccc(CC(=O)Nc2cnn(C(C)(C)C)c2)c1F. The largest absolute Gasteiger partial charge is 0.456 e. The van der Waals surface area contributed by atoms with Gasteiger partial charge in [0.05, 0.1) is 41.6 Å². The first-order valence-corrected chi connectivity index (χ1v) is 14.0. The molecular weight excluding hydrogens is 537 g/mol. The average Bonchev–Trinajstić information content (AvgIpc) is 3.41. The highest BCUT2D eigenvalue weighted by Crippen LogP contribution is 2.33. The minimum Gasteiger partial charge on any atom is -0.456 e. The summed E-state index contributed by atoms with van der Waals surface area (Å²) in [5.74, 6) is -0.204. The van der Waals surface area contributed by atoms with Gasteiger partial charge >= 0.3 is 0 Å². The molecule has 0 spiro atoms. The highest BCUT2D eigenvalue weighted by Gasteiger charge is 2.27. The van der Waals surface area contributed by atoms with Gasteiger partial charge in [-0.2, -0.15) is 5.10 Å². The topological polar surface area (TPSA) is 98.6 Å².